The van der Waals surface area contributed by atoms with Crippen molar-refractivity contribution in [1.82, 2.24) is 30.2 Å². The van der Waals surface area contributed by atoms with E-state index in [1.54, 1.807) is 0 Å². The number of para-hydroxylation sites is 1. The third-order valence-electron chi connectivity index (χ3n) is 5.78. The van der Waals surface area contributed by atoms with E-state index in [1.165, 1.54) is 25.7 Å². The highest BCUT2D eigenvalue weighted by molar-refractivity contribution is 14.0. The number of hydrogen-bond donors (Lipinski definition) is 2. The first-order chi connectivity index (χ1) is 15.1. The van der Waals surface area contributed by atoms with Gasteiger partial charge < -0.3 is 10.6 Å². The molecule has 1 aliphatic rings. The summed E-state index contributed by atoms with van der Waals surface area (Å²) < 4.78 is 4.13. The summed E-state index contributed by atoms with van der Waals surface area (Å²) in [6, 6.07) is 13.1. The van der Waals surface area contributed by atoms with Crippen LogP contribution in [0.1, 0.15) is 61.3 Å². The Hall–Kier alpha value is -2.36. The molecule has 2 aromatic heterocycles. The third-order valence-corrected chi connectivity index (χ3v) is 5.78. The Bertz CT molecular complexity index is 1030. The van der Waals surface area contributed by atoms with E-state index in [-0.39, 0.29) is 24.0 Å². The minimum Gasteiger partial charge on any atom is -0.357 e. The van der Waals surface area contributed by atoms with Gasteiger partial charge in [0.15, 0.2) is 5.96 Å². The normalized spacial score (nSPS) is 14.4. The molecule has 0 aliphatic heterocycles. The number of benzene rings is 1. The fraction of sp³-hybridized carbons (Fsp3) is 0.458. The topological polar surface area (TPSA) is 72.1 Å². The SMILES string of the molecule is CCNC(=NCc1ccccc1-n1nc(C)cc1C)NCc1ccn(C2CCCC2)n1.I. The predicted octanol–water partition coefficient (Wildman–Crippen LogP) is 4.67. The Kier molecular flexibility index (Phi) is 8.72. The van der Waals surface area contributed by atoms with Gasteiger partial charge in [0.2, 0.25) is 0 Å². The van der Waals surface area contributed by atoms with Crippen molar-refractivity contribution in [3.8, 4) is 5.69 Å². The van der Waals surface area contributed by atoms with Crippen LogP contribution in [0.5, 0.6) is 0 Å². The van der Waals surface area contributed by atoms with Crippen LogP contribution in [-0.4, -0.2) is 32.1 Å². The van der Waals surface area contributed by atoms with Gasteiger partial charge in [0.05, 0.1) is 36.2 Å². The summed E-state index contributed by atoms with van der Waals surface area (Å²) in [5.74, 6) is 0.793. The lowest BCUT2D eigenvalue weighted by Gasteiger charge is -2.13. The van der Waals surface area contributed by atoms with Gasteiger partial charge in [0.1, 0.15) is 0 Å². The minimum absolute atomic E-state index is 0. The van der Waals surface area contributed by atoms with Gasteiger partial charge in [0, 0.05) is 18.4 Å². The van der Waals surface area contributed by atoms with Crippen LogP contribution in [0, 0.1) is 13.8 Å². The predicted molar refractivity (Wildman–Crippen MR) is 140 cm³/mol. The van der Waals surface area contributed by atoms with Gasteiger partial charge in [-0.3, -0.25) is 4.68 Å². The molecule has 0 amide bonds. The molecule has 1 saturated carbocycles. The number of nitrogens with zero attached hydrogens (tertiary/aromatic N) is 5. The summed E-state index contributed by atoms with van der Waals surface area (Å²) in [5, 5.41) is 16.2. The third kappa shape index (κ3) is 5.90. The minimum atomic E-state index is 0. The molecule has 1 aliphatic carbocycles. The van der Waals surface area contributed by atoms with Crippen molar-refractivity contribution in [2.45, 2.75) is 65.6 Å². The standard InChI is InChI=1S/C24H33N7.HI/c1-4-25-24(27-17-21-13-14-30(29-21)22-10-6-7-11-22)26-16-20-9-5-8-12-23(20)31-19(3)15-18(2)28-31;/h5,8-9,12-15,22H,4,6-7,10-11,16-17H2,1-3H3,(H2,25,26,27);1H. The van der Waals surface area contributed by atoms with Crippen molar-refractivity contribution in [2.24, 2.45) is 4.99 Å². The maximum absolute atomic E-state index is 4.82. The molecule has 172 valence electrons. The van der Waals surface area contributed by atoms with Gasteiger partial charge >= 0.3 is 0 Å². The number of aliphatic imine (C=N–C) groups is 1. The average Bonchev–Trinajstić information content (AvgIpc) is 3.51. The number of rotatable bonds is 7. The van der Waals surface area contributed by atoms with E-state index in [1.807, 2.05) is 17.7 Å². The van der Waals surface area contributed by atoms with E-state index < -0.39 is 0 Å². The molecule has 4 rings (SSSR count). The maximum Gasteiger partial charge on any atom is 0.191 e. The number of nitrogens with one attached hydrogen (secondary N) is 2. The van der Waals surface area contributed by atoms with Gasteiger partial charge in [-0.25, -0.2) is 9.67 Å². The highest BCUT2D eigenvalue weighted by atomic mass is 127. The van der Waals surface area contributed by atoms with Crippen LogP contribution in [-0.2, 0) is 13.1 Å². The maximum atomic E-state index is 4.82. The molecule has 32 heavy (non-hydrogen) atoms. The summed E-state index contributed by atoms with van der Waals surface area (Å²) in [7, 11) is 0. The smallest absolute Gasteiger partial charge is 0.191 e. The van der Waals surface area contributed by atoms with Crippen LogP contribution < -0.4 is 10.6 Å². The average molecular weight is 547 g/mol. The summed E-state index contributed by atoms with van der Waals surface area (Å²) >= 11 is 0. The first-order valence-electron chi connectivity index (χ1n) is 11.3. The van der Waals surface area contributed by atoms with Crippen molar-refractivity contribution in [3.63, 3.8) is 0 Å². The highest BCUT2D eigenvalue weighted by Crippen LogP contribution is 2.28. The van der Waals surface area contributed by atoms with Gasteiger partial charge in [-0.2, -0.15) is 10.2 Å². The van der Waals surface area contributed by atoms with E-state index in [9.17, 15) is 0 Å². The molecule has 2 N–H and O–H groups in total. The highest BCUT2D eigenvalue weighted by Gasteiger charge is 2.17. The van der Waals surface area contributed by atoms with Crippen LogP contribution in [0.2, 0.25) is 0 Å². The van der Waals surface area contributed by atoms with Crippen LogP contribution >= 0.6 is 24.0 Å². The van der Waals surface area contributed by atoms with Gasteiger partial charge in [0.25, 0.3) is 0 Å². The van der Waals surface area contributed by atoms with E-state index >= 15 is 0 Å². The lowest BCUT2D eigenvalue weighted by Crippen LogP contribution is -2.37. The van der Waals surface area contributed by atoms with Gasteiger partial charge in [-0.15, -0.1) is 24.0 Å². The van der Waals surface area contributed by atoms with Crippen molar-refractivity contribution < 1.29 is 0 Å². The second-order valence-corrected chi connectivity index (χ2v) is 8.24. The number of halogens is 1. The monoisotopic (exact) mass is 547 g/mol. The zero-order chi connectivity index (χ0) is 21.6. The first-order valence-corrected chi connectivity index (χ1v) is 11.3. The van der Waals surface area contributed by atoms with Crippen LogP contribution in [0.15, 0.2) is 47.6 Å². The Morgan fingerprint density at radius 1 is 1.09 bits per heavy atom. The number of aromatic nitrogens is 4. The molecule has 1 aromatic carbocycles. The van der Waals surface area contributed by atoms with Crippen LogP contribution in [0.25, 0.3) is 5.69 Å². The number of aryl methyl sites for hydroxylation is 2. The molecule has 0 radical (unpaired) electrons. The number of guanidine groups is 1. The zero-order valence-corrected chi connectivity index (χ0v) is 21.5. The van der Waals surface area contributed by atoms with Crippen molar-refractivity contribution >= 4 is 29.9 Å². The Morgan fingerprint density at radius 2 is 1.88 bits per heavy atom. The van der Waals surface area contributed by atoms with Crippen LogP contribution in [0.3, 0.4) is 0 Å². The second kappa shape index (κ2) is 11.5. The molecule has 0 saturated heterocycles. The fourth-order valence-electron chi connectivity index (χ4n) is 4.25. The molecule has 0 atom stereocenters. The molecule has 0 unspecified atom stereocenters. The molecular weight excluding hydrogens is 513 g/mol. The Balaban J connectivity index is 0.00000289. The molecule has 8 heteroatoms. The summed E-state index contributed by atoms with van der Waals surface area (Å²) in [6.07, 6.45) is 7.23. The molecule has 3 aromatic rings. The van der Waals surface area contributed by atoms with E-state index in [0.29, 0.717) is 19.1 Å². The molecular formula is C24H34IN7. The summed E-state index contributed by atoms with van der Waals surface area (Å²) in [6.45, 7) is 8.21. The van der Waals surface area contributed by atoms with E-state index in [0.717, 1.165) is 40.8 Å². The molecule has 0 bridgehead atoms. The number of hydrogen-bond acceptors (Lipinski definition) is 3. The van der Waals surface area contributed by atoms with Gasteiger partial charge in [-0.05, 0) is 57.4 Å². The van der Waals surface area contributed by atoms with Gasteiger partial charge in [-0.1, -0.05) is 31.0 Å². The molecule has 0 spiro atoms. The largest absolute Gasteiger partial charge is 0.357 e. The lowest BCUT2D eigenvalue weighted by molar-refractivity contribution is 0.462. The van der Waals surface area contributed by atoms with Crippen LogP contribution in [0.4, 0.5) is 0 Å². The zero-order valence-electron chi connectivity index (χ0n) is 19.2. The van der Waals surface area contributed by atoms with E-state index in [4.69, 9.17) is 10.1 Å². The molecule has 2 heterocycles. The van der Waals surface area contributed by atoms with Crippen molar-refractivity contribution in [1.29, 1.82) is 0 Å². The second-order valence-electron chi connectivity index (χ2n) is 8.24. The van der Waals surface area contributed by atoms with Crippen molar-refractivity contribution in [2.75, 3.05) is 6.54 Å². The Labute approximate surface area is 207 Å². The van der Waals surface area contributed by atoms with E-state index in [2.05, 4.69) is 70.8 Å². The summed E-state index contributed by atoms with van der Waals surface area (Å²) in [4.78, 5) is 4.82. The summed E-state index contributed by atoms with van der Waals surface area (Å²) in [5.41, 5.74) is 5.39. The lowest BCUT2D eigenvalue weighted by atomic mass is 10.2. The first kappa shape index (κ1) is 24.3. The quantitative estimate of drug-likeness (QED) is 0.256. The Morgan fingerprint density at radius 3 is 2.59 bits per heavy atom. The van der Waals surface area contributed by atoms with Crippen molar-refractivity contribution in [3.05, 3.63) is 65.2 Å². The molecule has 1 fully saturated rings. The fourth-order valence-corrected chi connectivity index (χ4v) is 4.25. The molecule has 7 nitrogen and oxygen atoms in total.